The smallest absolute Gasteiger partial charge is 0.324 e. The van der Waals surface area contributed by atoms with Gasteiger partial charge in [-0.25, -0.2) is 0 Å². The molecule has 0 heterocycles. The van der Waals surface area contributed by atoms with E-state index in [9.17, 15) is 9.59 Å². The third kappa shape index (κ3) is 3.15. The van der Waals surface area contributed by atoms with Gasteiger partial charge in [-0.1, -0.05) is 60.3 Å². The number of Topliss-reactive ketones (excluding diaryl/α,β-unsaturated/α-hetero) is 1. The Morgan fingerprint density at radius 3 is 2.21 bits per heavy atom. The second-order valence-corrected chi connectivity index (χ2v) is 6.79. The molecule has 3 nitrogen and oxygen atoms in total. The number of carbonyl (C=O) groups is 2. The molecule has 1 aliphatic carbocycles. The van der Waals surface area contributed by atoms with Crippen LogP contribution in [0.2, 0.25) is 0 Å². The highest BCUT2D eigenvalue weighted by Gasteiger charge is 2.51. The number of thioether (sulfide) groups is 1. The molecule has 0 N–H and O–H groups in total. The Kier molecular flexibility index (Phi) is 4.86. The van der Waals surface area contributed by atoms with Gasteiger partial charge in [0.25, 0.3) is 0 Å². The summed E-state index contributed by atoms with van der Waals surface area (Å²) in [5, 5.41) is 0. The maximum absolute atomic E-state index is 12.9. The van der Waals surface area contributed by atoms with Gasteiger partial charge < -0.3 is 4.74 Å². The van der Waals surface area contributed by atoms with Crippen LogP contribution in [0.1, 0.15) is 23.7 Å². The van der Waals surface area contributed by atoms with Crippen LogP contribution < -0.4 is 0 Å². The standard InChI is InChI=1S/C20H18O3S/c1-2-23-19(22)20(18(21)15-9-5-3-6-10-15)13-17(14-20)24-16-11-7-4-8-12-16/h3-13H,2,14H2,1H3. The maximum Gasteiger partial charge on any atom is 0.324 e. The van der Waals surface area contributed by atoms with Crippen LogP contribution in [-0.2, 0) is 9.53 Å². The molecule has 0 aliphatic heterocycles. The molecule has 0 fully saturated rings. The van der Waals surface area contributed by atoms with E-state index in [1.54, 1.807) is 49.0 Å². The Morgan fingerprint density at radius 2 is 1.62 bits per heavy atom. The van der Waals surface area contributed by atoms with Crippen molar-refractivity contribution in [1.82, 2.24) is 0 Å². The van der Waals surface area contributed by atoms with Gasteiger partial charge >= 0.3 is 5.97 Å². The average molecular weight is 338 g/mol. The highest BCUT2D eigenvalue weighted by Crippen LogP contribution is 2.49. The number of carbonyl (C=O) groups excluding carboxylic acids is 2. The highest BCUT2D eigenvalue weighted by atomic mass is 32.2. The van der Waals surface area contributed by atoms with Crippen molar-refractivity contribution in [1.29, 1.82) is 0 Å². The first kappa shape index (κ1) is 16.5. The predicted octanol–water partition coefficient (Wildman–Crippen LogP) is 4.50. The predicted molar refractivity (Wildman–Crippen MR) is 94.8 cm³/mol. The summed E-state index contributed by atoms with van der Waals surface area (Å²) in [4.78, 5) is 27.5. The second kappa shape index (κ2) is 7.05. The van der Waals surface area contributed by atoms with Gasteiger partial charge in [0.2, 0.25) is 0 Å². The highest BCUT2D eigenvalue weighted by molar-refractivity contribution is 8.03. The Balaban J connectivity index is 1.87. The molecule has 0 radical (unpaired) electrons. The molecule has 0 spiro atoms. The summed E-state index contributed by atoms with van der Waals surface area (Å²) in [5.41, 5.74) is -0.653. The van der Waals surface area contributed by atoms with Crippen molar-refractivity contribution in [2.75, 3.05) is 6.61 Å². The molecule has 2 aromatic rings. The number of hydrogen-bond donors (Lipinski definition) is 0. The number of ether oxygens (including phenoxy) is 1. The van der Waals surface area contributed by atoms with Gasteiger partial charge in [0.05, 0.1) is 6.61 Å². The van der Waals surface area contributed by atoms with Gasteiger partial charge in [-0.05, 0) is 30.0 Å². The summed E-state index contributed by atoms with van der Waals surface area (Å²) in [6.45, 7) is 2.01. The van der Waals surface area contributed by atoms with Crippen LogP contribution in [0.4, 0.5) is 0 Å². The van der Waals surface area contributed by atoms with Crippen molar-refractivity contribution < 1.29 is 14.3 Å². The molecule has 0 aromatic heterocycles. The van der Waals surface area contributed by atoms with E-state index in [0.29, 0.717) is 12.0 Å². The van der Waals surface area contributed by atoms with Gasteiger partial charge in [-0.2, -0.15) is 0 Å². The molecule has 0 saturated carbocycles. The number of ketones is 1. The van der Waals surface area contributed by atoms with E-state index in [1.165, 1.54) is 0 Å². The SMILES string of the molecule is CCOC(=O)C1(C(=O)c2ccccc2)C=C(Sc2ccccc2)C1. The van der Waals surface area contributed by atoms with Gasteiger partial charge in [0.1, 0.15) is 0 Å². The summed E-state index contributed by atoms with van der Waals surface area (Å²) in [5.74, 6) is -0.657. The number of esters is 1. The zero-order valence-corrected chi connectivity index (χ0v) is 14.2. The van der Waals surface area contributed by atoms with E-state index >= 15 is 0 Å². The Labute approximate surface area is 145 Å². The number of rotatable bonds is 6. The van der Waals surface area contributed by atoms with Crippen LogP contribution in [0, 0.1) is 5.41 Å². The Bertz CT molecular complexity index is 768. The maximum atomic E-state index is 12.9. The van der Waals surface area contributed by atoms with Gasteiger partial charge in [0.15, 0.2) is 11.2 Å². The van der Waals surface area contributed by atoms with E-state index < -0.39 is 11.4 Å². The van der Waals surface area contributed by atoms with Crippen molar-refractivity contribution >= 4 is 23.5 Å². The van der Waals surface area contributed by atoms with Crippen LogP contribution in [0.5, 0.6) is 0 Å². The topological polar surface area (TPSA) is 43.4 Å². The lowest BCUT2D eigenvalue weighted by Gasteiger charge is -2.35. The summed E-state index contributed by atoms with van der Waals surface area (Å²) in [6.07, 6.45) is 2.15. The molecule has 1 unspecified atom stereocenters. The monoisotopic (exact) mass is 338 g/mol. The summed E-state index contributed by atoms with van der Waals surface area (Å²) in [6, 6.07) is 18.8. The molecule has 1 atom stereocenters. The second-order valence-electron chi connectivity index (χ2n) is 5.59. The quantitative estimate of drug-likeness (QED) is 0.442. The molecule has 0 saturated heterocycles. The lowest BCUT2D eigenvalue weighted by molar-refractivity contribution is -0.150. The molecular formula is C20H18O3S. The van der Waals surface area contributed by atoms with Crippen molar-refractivity contribution in [3.63, 3.8) is 0 Å². The van der Waals surface area contributed by atoms with Crippen molar-refractivity contribution in [2.45, 2.75) is 18.2 Å². The van der Waals surface area contributed by atoms with Crippen LogP contribution in [0.15, 0.2) is 76.5 Å². The molecule has 4 heteroatoms. The third-order valence-corrected chi connectivity index (χ3v) is 4.97. The fourth-order valence-electron chi connectivity index (χ4n) is 2.70. The lowest BCUT2D eigenvalue weighted by atomic mass is 9.70. The first-order valence-corrected chi connectivity index (χ1v) is 8.69. The summed E-state index contributed by atoms with van der Waals surface area (Å²) >= 11 is 1.58. The van der Waals surface area contributed by atoms with Gasteiger partial charge in [-0.3, -0.25) is 9.59 Å². The molecule has 122 valence electrons. The van der Waals surface area contributed by atoms with Gasteiger partial charge in [0, 0.05) is 16.9 Å². The molecule has 2 aromatic carbocycles. The minimum atomic E-state index is -1.19. The summed E-state index contributed by atoms with van der Waals surface area (Å²) < 4.78 is 5.18. The molecule has 0 amide bonds. The van der Waals surface area contributed by atoms with Crippen molar-refractivity contribution in [3.05, 3.63) is 77.2 Å². The first-order chi connectivity index (χ1) is 11.7. The first-order valence-electron chi connectivity index (χ1n) is 7.87. The minimum absolute atomic E-state index is 0.195. The number of benzene rings is 2. The zero-order chi connectivity index (χ0) is 17.0. The summed E-state index contributed by atoms with van der Waals surface area (Å²) in [7, 11) is 0. The minimum Gasteiger partial charge on any atom is -0.465 e. The molecule has 1 aliphatic rings. The fourth-order valence-corrected chi connectivity index (χ4v) is 3.86. The largest absolute Gasteiger partial charge is 0.465 e. The van der Waals surface area contributed by atoms with E-state index in [0.717, 1.165) is 9.80 Å². The Morgan fingerprint density at radius 1 is 1.04 bits per heavy atom. The normalized spacial score (nSPS) is 19.1. The van der Waals surface area contributed by atoms with Crippen LogP contribution in [-0.4, -0.2) is 18.4 Å². The average Bonchev–Trinajstić information content (AvgIpc) is 2.59. The van der Waals surface area contributed by atoms with E-state index in [2.05, 4.69) is 0 Å². The van der Waals surface area contributed by atoms with Crippen LogP contribution in [0.25, 0.3) is 0 Å². The third-order valence-electron chi connectivity index (χ3n) is 3.93. The molecule has 24 heavy (non-hydrogen) atoms. The van der Waals surface area contributed by atoms with E-state index in [4.69, 9.17) is 4.74 Å². The van der Waals surface area contributed by atoms with Crippen molar-refractivity contribution in [3.8, 4) is 0 Å². The number of allylic oxidation sites excluding steroid dienone is 1. The van der Waals surface area contributed by atoms with Gasteiger partial charge in [-0.15, -0.1) is 0 Å². The fraction of sp³-hybridized carbons (Fsp3) is 0.200. The molecule has 3 rings (SSSR count). The zero-order valence-electron chi connectivity index (χ0n) is 13.4. The Hall–Kier alpha value is -2.33. The van der Waals surface area contributed by atoms with E-state index in [-0.39, 0.29) is 12.4 Å². The van der Waals surface area contributed by atoms with E-state index in [1.807, 2.05) is 36.4 Å². The molecule has 0 bridgehead atoms. The number of hydrogen-bond acceptors (Lipinski definition) is 4. The molecular weight excluding hydrogens is 320 g/mol. The van der Waals surface area contributed by atoms with Crippen molar-refractivity contribution in [2.24, 2.45) is 5.41 Å². The van der Waals surface area contributed by atoms with Crippen LogP contribution in [0.3, 0.4) is 0 Å². The van der Waals surface area contributed by atoms with Crippen LogP contribution >= 0.6 is 11.8 Å². The lowest BCUT2D eigenvalue weighted by Crippen LogP contribution is -2.44.